The van der Waals surface area contributed by atoms with Crippen molar-refractivity contribution in [2.24, 2.45) is 5.10 Å². The molecule has 0 radical (unpaired) electrons. The molecule has 0 fully saturated rings. The molecular formula is C8H16N2. The molecule has 0 aromatic rings. The highest BCUT2D eigenvalue weighted by molar-refractivity contribution is 5.91. The monoisotopic (exact) mass is 140 g/mol. The Labute approximate surface area is 63.2 Å². The zero-order chi connectivity index (χ0) is 7.98. The summed E-state index contributed by atoms with van der Waals surface area (Å²) in [6.45, 7) is 11.7. The van der Waals surface area contributed by atoms with E-state index in [4.69, 9.17) is 0 Å². The minimum atomic E-state index is 0.960. The molecule has 0 aromatic heterocycles. The van der Waals surface area contributed by atoms with Gasteiger partial charge < -0.3 is 0 Å². The van der Waals surface area contributed by atoms with Gasteiger partial charge in [-0.1, -0.05) is 6.58 Å². The second kappa shape index (κ2) is 5.03. The molecule has 0 aliphatic carbocycles. The molecule has 0 amide bonds. The summed E-state index contributed by atoms with van der Waals surface area (Å²) in [7, 11) is 0. The average Bonchev–Trinajstić information content (AvgIpc) is 1.99. The number of hydrogen-bond acceptors (Lipinski definition) is 2. The quantitative estimate of drug-likeness (QED) is 0.430. The van der Waals surface area contributed by atoms with E-state index in [1.807, 2.05) is 11.9 Å². The Bertz CT molecular complexity index is 123. The van der Waals surface area contributed by atoms with Gasteiger partial charge in [0.1, 0.15) is 0 Å². The van der Waals surface area contributed by atoms with Crippen molar-refractivity contribution >= 4 is 5.71 Å². The van der Waals surface area contributed by atoms with Gasteiger partial charge in [0.05, 0.1) is 5.71 Å². The molecule has 0 atom stereocenters. The Morgan fingerprint density at radius 2 is 2.00 bits per heavy atom. The van der Waals surface area contributed by atoms with Gasteiger partial charge in [0, 0.05) is 13.1 Å². The maximum absolute atomic E-state index is 4.26. The Morgan fingerprint density at radius 3 is 2.30 bits per heavy atom. The number of hydrogen-bond donors (Lipinski definition) is 0. The Balaban J connectivity index is 3.92. The van der Waals surface area contributed by atoms with E-state index >= 15 is 0 Å². The molecule has 0 spiro atoms. The highest BCUT2D eigenvalue weighted by Gasteiger charge is 1.90. The van der Waals surface area contributed by atoms with E-state index < -0.39 is 0 Å². The van der Waals surface area contributed by atoms with Gasteiger partial charge in [0.2, 0.25) is 0 Å². The van der Waals surface area contributed by atoms with Crippen molar-refractivity contribution in [1.82, 2.24) is 5.01 Å². The fraction of sp³-hybridized carbons (Fsp3) is 0.625. The number of rotatable bonds is 4. The summed E-state index contributed by atoms with van der Waals surface area (Å²) in [5, 5.41) is 6.26. The summed E-state index contributed by atoms with van der Waals surface area (Å²) in [4.78, 5) is 0. The van der Waals surface area contributed by atoms with Crippen molar-refractivity contribution in [3.8, 4) is 0 Å². The highest BCUT2D eigenvalue weighted by atomic mass is 15.4. The zero-order valence-corrected chi connectivity index (χ0v) is 7.09. The van der Waals surface area contributed by atoms with Crippen molar-refractivity contribution in [2.45, 2.75) is 20.8 Å². The molecule has 0 unspecified atom stereocenters. The first kappa shape index (κ1) is 9.21. The van der Waals surface area contributed by atoms with Crippen molar-refractivity contribution in [3.05, 3.63) is 12.7 Å². The van der Waals surface area contributed by atoms with Crippen molar-refractivity contribution in [2.75, 3.05) is 13.1 Å². The van der Waals surface area contributed by atoms with Crippen molar-refractivity contribution in [1.29, 1.82) is 0 Å². The van der Waals surface area contributed by atoms with Crippen molar-refractivity contribution in [3.63, 3.8) is 0 Å². The van der Waals surface area contributed by atoms with Crippen LogP contribution in [0.15, 0.2) is 17.8 Å². The zero-order valence-electron chi connectivity index (χ0n) is 7.09. The van der Waals surface area contributed by atoms with Crippen LogP contribution in [0, 0.1) is 0 Å². The molecule has 0 saturated carbocycles. The fourth-order valence-corrected chi connectivity index (χ4v) is 0.629. The van der Waals surface area contributed by atoms with Crippen LogP contribution in [0.25, 0.3) is 0 Å². The van der Waals surface area contributed by atoms with E-state index in [1.54, 1.807) is 6.08 Å². The third-order valence-corrected chi connectivity index (χ3v) is 1.32. The van der Waals surface area contributed by atoms with Crippen LogP contribution in [0.5, 0.6) is 0 Å². The Hall–Kier alpha value is -0.790. The summed E-state index contributed by atoms with van der Waals surface area (Å²) in [6.07, 6.45) is 1.76. The number of allylic oxidation sites excluding steroid dienone is 1. The Morgan fingerprint density at radius 1 is 1.50 bits per heavy atom. The first-order chi connectivity index (χ1) is 4.74. The van der Waals surface area contributed by atoms with E-state index in [1.165, 1.54) is 0 Å². The first-order valence-electron chi connectivity index (χ1n) is 3.67. The van der Waals surface area contributed by atoms with Crippen LogP contribution >= 0.6 is 0 Å². The van der Waals surface area contributed by atoms with Crippen LogP contribution in [0.2, 0.25) is 0 Å². The molecule has 0 aromatic carbocycles. The van der Waals surface area contributed by atoms with Crippen LogP contribution in [0.3, 0.4) is 0 Å². The summed E-state index contributed by atoms with van der Waals surface area (Å²) < 4.78 is 0. The molecule has 2 nitrogen and oxygen atoms in total. The van der Waals surface area contributed by atoms with Gasteiger partial charge in [-0.15, -0.1) is 0 Å². The minimum Gasteiger partial charge on any atom is -0.297 e. The van der Waals surface area contributed by atoms with Crippen LogP contribution in [-0.2, 0) is 0 Å². The van der Waals surface area contributed by atoms with Crippen molar-refractivity contribution < 1.29 is 0 Å². The van der Waals surface area contributed by atoms with Gasteiger partial charge in [-0.3, -0.25) is 5.01 Å². The van der Waals surface area contributed by atoms with Gasteiger partial charge in [-0.25, -0.2) is 0 Å². The number of hydrazone groups is 1. The van der Waals surface area contributed by atoms with Gasteiger partial charge >= 0.3 is 0 Å². The highest BCUT2D eigenvalue weighted by Crippen LogP contribution is 1.89. The molecule has 0 rings (SSSR count). The minimum absolute atomic E-state index is 0.960. The molecule has 10 heavy (non-hydrogen) atoms. The standard InChI is InChI=1S/C8H16N2/c1-5-8(4)9-10(6-2)7-3/h5H,1,6-7H2,2-4H3. The van der Waals surface area contributed by atoms with Crippen LogP contribution in [-0.4, -0.2) is 23.8 Å². The maximum atomic E-state index is 4.26. The molecule has 58 valence electrons. The summed E-state index contributed by atoms with van der Waals surface area (Å²) in [5.41, 5.74) is 0.976. The van der Waals surface area contributed by atoms with E-state index in [2.05, 4.69) is 25.5 Å². The molecule has 0 bridgehead atoms. The molecule has 0 heterocycles. The lowest BCUT2D eigenvalue weighted by molar-refractivity contribution is 0.322. The smallest absolute Gasteiger partial charge is 0.0568 e. The predicted octanol–water partition coefficient (Wildman–Crippen LogP) is 1.89. The third-order valence-electron chi connectivity index (χ3n) is 1.32. The van der Waals surface area contributed by atoms with Gasteiger partial charge in [0.15, 0.2) is 0 Å². The maximum Gasteiger partial charge on any atom is 0.0568 e. The van der Waals surface area contributed by atoms with Gasteiger partial charge in [-0.05, 0) is 26.8 Å². The van der Waals surface area contributed by atoms with Gasteiger partial charge in [0.25, 0.3) is 0 Å². The molecular weight excluding hydrogens is 124 g/mol. The lowest BCUT2D eigenvalue weighted by atomic mass is 10.4. The second-order valence-corrected chi connectivity index (χ2v) is 2.08. The van der Waals surface area contributed by atoms with E-state index in [0.29, 0.717) is 0 Å². The molecule has 0 aliphatic rings. The number of nitrogens with zero attached hydrogens (tertiary/aromatic N) is 2. The van der Waals surface area contributed by atoms with E-state index in [0.717, 1.165) is 18.8 Å². The normalized spacial score (nSPS) is 11.3. The van der Waals surface area contributed by atoms with E-state index in [-0.39, 0.29) is 0 Å². The van der Waals surface area contributed by atoms with Crippen LogP contribution in [0.4, 0.5) is 0 Å². The second-order valence-electron chi connectivity index (χ2n) is 2.08. The molecule has 2 heteroatoms. The molecule has 0 saturated heterocycles. The lowest BCUT2D eigenvalue weighted by Gasteiger charge is -2.13. The van der Waals surface area contributed by atoms with E-state index in [9.17, 15) is 0 Å². The van der Waals surface area contributed by atoms with Gasteiger partial charge in [-0.2, -0.15) is 5.10 Å². The van der Waals surface area contributed by atoms with Crippen LogP contribution in [0.1, 0.15) is 20.8 Å². The average molecular weight is 140 g/mol. The largest absolute Gasteiger partial charge is 0.297 e. The summed E-state index contributed by atoms with van der Waals surface area (Å²) in [5.74, 6) is 0. The topological polar surface area (TPSA) is 15.6 Å². The summed E-state index contributed by atoms with van der Waals surface area (Å²) >= 11 is 0. The first-order valence-corrected chi connectivity index (χ1v) is 3.67. The lowest BCUT2D eigenvalue weighted by Crippen LogP contribution is -2.17. The predicted molar refractivity (Wildman–Crippen MR) is 46.2 cm³/mol. The summed E-state index contributed by atoms with van der Waals surface area (Å²) in [6, 6.07) is 0. The van der Waals surface area contributed by atoms with Crippen LogP contribution < -0.4 is 0 Å². The fourth-order valence-electron chi connectivity index (χ4n) is 0.629. The molecule has 0 aliphatic heterocycles. The Kier molecular flexibility index (Phi) is 4.63. The SMILES string of the molecule is C=CC(C)=NN(CC)CC. The molecule has 0 N–H and O–H groups in total. The third kappa shape index (κ3) is 3.28.